The molecule has 0 spiro atoms. The Morgan fingerprint density at radius 1 is 1.14 bits per heavy atom. The number of carbonyl (C=O) groups excluding carboxylic acids is 2. The molecule has 2 fully saturated rings. The van der Waals surface area contributed by atoms with Crippen LogP contribution in [-0.2, 0) is 4.79 Å². The van der Waals surface area contributed by atoms with Crippen LogP contribution < -0.4 is 11.1 Å². The Bertz CT molecular complexity index is 663. The van der Waals surface area contributed by atoms with Crippen molar-refractivity contribution in [3.8, 4) is 0 Å². The largest absolute Gasteiger partial charge is 0.352 e. The molecule has 1 aliphatic heterocycles. The van der Waals surface area contributed by atoms with Crippen molar-refractivity contribution in [1.29, 1.82) is 0 Å². The number of carbonyl (C=O) groups is 2. The Morgan fingerprint density at radius 2 is 1.79 bits per heavy atom. The van der Waals surface area contributed by atoms with E-state index >= 15 is 0 Å². The second-order valence-electron chi connectivity index (χ2n) is 8.23. The van der Waals surface area contributed by atoms with Gasteiger partial charge in [-0.3, -0.25) is 9.59 Å². The number of hydrogen-bond donors (Lipinski definition) is 2. The van der Waals surface area contributed by atoms with Crippen LogP contribution >= 0.6 is 12.4 Å². The molecule has 3 atom stereocenters. The molecule has 3 unspecified atom stereocenters. The van der Waals surface area contributed by atoms with Gasteiger partial charge in [0.05, 0.1) is 0 Å². The lowest BCUT2D eigenvalue weighted by Gasteiger charge is -2.34. The molecule has 2 aliphatic rings. The zero-order chi connectivity index (χ0) is 19.4. The molecular formula is C22H34ClN3O2. The van der Waals surface area contributed by atoms with Gasteiger partial charge in [-0.2, -0.15) is 0 Å². The fourth-order valence-electron chi connectivity index (χ4n) is 4.60. The molecule has 6 heteroatoms. The lowest BCUT2D eigenvalue weighted by Crippen LogP contribution is -2.54. The van der Waals surface area contributed by atoms with Crippen molar-refractivity contribution in [3.63, 3.8) is 0 Å². The molecule has 0 bridgehead atoms. The molecule has 28 heavy (non-hydrogen) atoms. The van der Waals surface area contributed by atoms with Crippen LogP contribution in [0.4, 0.5) is 0 Å². The summed E-state index contributed by atoms with van der Waals surface area (Å²) in [7, 11) is 0. The Morgan fingerprint density at radius 3 is 2.43 bits per heavy atom. The molecular weight excluding hydrogens is 374 g/mol. The SMILES string of the molecule is CCC(N)(CC)CNC(=O)C1CC2CCCCC2N1C(=O)c1ccccc1.Cl. The first kappa shape index (κ1) is 22.7. The fraction of sp³-hybridized carbons (Fsp3) is 0.636. The van der Waals surface area contributed by atoms with Gasteiger partial charge in [-0.05, 0) is 50.2 Å². The molecule has 5 nitrogen and oxygen atoms in total. The summed E-state index contributed by atoms with van der Waals surface area (Å²) in [4.78, 5) is 28.2. The fourth-order valence-corrected chi connectivity index (χ4v) is 4.60. The average molecular weight is 408 g/mol. The van der Waals surface area contributed by atoms with Crippen LogP contribution in [0.1, 0.15) is 69.2 Å². The van der Waals surface area contributed by atoms with E-state index in [4.69, 9.17) is 5.73 Å². The lowest BCUT2D eigenvalue weighted by atomic mass is 9.84. The van der Waals surface area contributed by atoms with E-state index in [0.717, 1.165) is 38.5 Å². The summed E-state index contributed by atoms with van der Waals surface area (Å²) in [6.07, 6.45) is 6.82. The van der Waals surface area contributed by atoms with Crippen LogP contribution in [0, 0.1) is 5.92 Å². The average Bonchev–Trinajstić information content (AvgIpc) is 3.11. The van der Waals surface area contributed by atoms with Crippen LogP contribution in [0.5, 0.6) is 0 Å². The smallest absolute Gasteiger partial charge is 0.254 e. The maximum absolute atomic E-state index is 13.3. The van der Waals surface area contributed by atoms with Crippen LogP contribution in [0.2, 0.25) is 0 Å². The maximum atomic E-state index is 13.3. The van der Waals surface area contributed by atoms with Gasteiger partial charge in [0.15, 0.2) is 0 Å². The molecule has 1 aromatic carbocycles. The van der Waals surface area contributed by atoms with Gasteiger partial charge in [0, 0.05) is 23.7 Å². The summed E-state index contributed by atoms with van der Waals surface area (Å²) in [6, 6.07) is 9.14. The van der Waals surface area contributed by atoms with E-state index in [1.807, 2.05) is 49.1 Å². The summed E-state index contributed by atoms with van der Waals surface area (Å²) in [5.41, 5.74) is 6.63. The van der Waals surface area contributed by atoms with Crippen molar-refractivity contribution in [2.24, 2.45) is 11.7 Å². The van der Waals surface area contributed by atoms with Gasteiger partial charge < -0.3 is 16.0 Å². The minimum Gasteiger partial charge on any atom is -0.352 e. The molecule has 1 heterocycles. The Hall–Kier alpha value is -1.59. The van der Waals surface area contributed by atoms with Crippen molar-refractivity contribution < 1.29 is 9.59 Å². The van der Waals surface area contributed by atoms with E-state index in [1.54, 1.807) is 0 Å². The van der Waals surface area contributed by atoms with Gasteiger partial charge >= 0.3 is 0 Å². The monoisotopic (exact) mass is 407 g/mol. The summed E-state index contributed by atoms with van der Waals surface area (Å²) >= 11 is 0. The van der Waals surface area contributed by atoms with Crippen molar-refractivity contribution in [2.75, 3.05) is 6.54 Å². The van der Waals surface area contributed by atoms with Crippen molar-refractivity contribution >= 4 is 24.2 Å². The zero-order valence-electron chi connectivity index (χ0n) is 17.0. The van der Waals surface area contributed by atoms with Crippen LogP contribution in [0.3, 0.4) is 0 Å². The Balaban J connectivity index is 0.00000280. The van der Waals surface area contributed by atoms with E-state index in [-0.39, 0.29) is 41.8 Å². The topological polar surface area (TPSA) is 75.4 Å². The normalized spacial score (nSPS) is 24.2. The molecule has 1 aliphatic carbocycles. The van der Waals surface area contributed by atoms with E-state index in [9.17, 15) is 9.59 Å². The predicted octanol–water partition coefficient (Wildman–Crippen LogP) is 3.52. The van der Waals surface area contributed by atoms with Gasteiger partial charge in [0.25, 0.3) is 5.91 Å². The third-order valence-electron chi connectivity index (χ3n) is 6.67. The third-order valence-corrected chi connectivity index (χ3v) is 6.67. The van der Waals surface area contributed by atoms with Gasteiger partial charge in [0.1, 0.15) is 6.04 Å². The van der Waals surface area contributed by atoms with Gasteiger partial charge in [-0.1, -0.05) is 44.9 Å². The second kappa shape index (κ2) is 9.75. The number of halogens is 1. The number of nitrogens with two attached hydrogens (primary N) is 1. The summed E-state index contributed by atoms with van der Waals surface area (Å²) in [5.74, 6) is 0.364. The number of amides is 2. The van der Waals surface area contributed by atoms with E-state index in [0.29, 0.717) is 18.0 Å². The van der Waals surface area contributed by atoms with Gasteiger partial charge in [-0.15, -0.1) is 12.4 Å². The molecule has 2 amide bonds. The molecule has 0 radical (unpaired) electrons. The van der Waals surface area contributed by atoms with E-state index in [1.165, 1.54) is 6.42 Å². The van der Waals surface area contributed by atoms with Crippen LogP contribution in [-0.4, -0.2) is 40.9 Å². The van der Waals surface area contributed by atoms with Crippen LogP contribution in [0.15, 0.2) is 30.3 Å². The molecule has 1 saturated carbocycles. The number of fused-ring (bicyclic) bond motifs is 1. The first-order chi connectivity index (χ1) is 13.0. The predicted molar refractivity (Wildman–Crippen MR) is 115 cm³/mol. The highest BCUT2D eigenvalue weighted by atomic mass is 35.5. The van der Waals surface area contributed by atoms with Gasteiger partial charge in [-0.25, -0.2) is 0 Å². The van der Waals surface area contributed by atoms with E-state index < -0.39 is 0 Å². The number of nitrogens with zero attached hydrogens (tertiary/aromatic N) is 1. The van der Waals surface area contributed by atoms with E-state index in [2.05, 4.69) is 5.32 Å². The van der Waals surface area contributed by atoms with Crippen LogP contribution in [0.25, 0.3) is 0 Å². The molecule has 1 saturated heterocycles. The van der Waals surface area contributed by atoms with Crippen molar-refractivity contribution in [3.05, 3.63) is 35.9 Å². The van der Waals surface area contributed by atoms with Crippen molar-refractivity contribution in [1.82, 2.24) is 10.2 Å². The first-order valence-electron chi connectivity index (χ1n) is 10.4. The standard InChI is InChI=1S/C22H33N3O2.ClH/c1-3-22(23,4-2)15-24-20(26)19-14-17-12-8-9-13-18(17)25(19)21(27)16-10-6-5-7-11-16;/h5-7,10-11,17-19H,3-4,8-9,12-15,23H2,1-2H3,(H,24,26);1H. The number of benzene rings is 1. The highest BCUT2D eigenvalue weighted by molar-refractivity contribution is 5.98. The number of hydrogen-bond acceptors (Lipinski definition) is 3. The molecule has 3 N–H and O–H groups in total. The summed E-state index contributed by atoms with van der Waals surface area (Å²) in [6.45, 7) is 4.55. The van der Waals surface area contributed by atoms with Gasteiger partial charge in [0.2, 0.25) is 5.91 Å². The zero-order valence-corrected chi connectivity index (χ0v) is 17.8. The highest BCUT2D eigenvalue weighted by Crippen LogP contribution is 2.40. The molecule has 3 rings (SSSR count). The Kier molecular flexibility index (Phi) is 7.90. The number of rotatable bonds is 6. The molecule has 1 aromatic rings. The lowest BCUT2D eigenvalue weighted by molar-refractivity contribution is -0.125. The molecule has 156 valence electrons. The molecule has 0 aromatic heterocycles. The first-order valence-corrected chi connectivity index (χ1v) is 10.4. The minimum atomic E-state index is -0.385. The number of nitrogens with one attached hydrogen (secondary N) is 1. The Labute approximate surface area is 174 Å². The second-order valence-corrected chi connectivity index (χ2v) is 8.23. The summed E-state index contributed by atoms with van der Waals surface area (Å²) in [5, 5.41) is 3.06. The quantitative estimate of drug-likeness (QED) is 0.757. The summed E-state index contributed by atoms with van der Waals surface area (Å²) < 4.78 is 0. The third kappa shape index (κ3) is 4.69. The maximum Gasteiger partial charge on any atom is 0.254 e. The number of likely N-dealkylation sites (tertiary alicyclic amines) is 1. The van der Waals surface area contributed by atoms with Crippen molar-refractivity contribution in [2.45, 2.75) is 76.4 Å². The minimum absolute atomic E-state index is 0. The highest BCUT2D eigenvalue weighted by Gasteiger charge is 2.47.